The number of imide groups is 1. The van der Waals surface area contributed by atoms with Gasteiger partial charge in [0.25, 0.3) is 5.24 Å². The van der Waals surface area contributed by atoms with Gasteiger partial charge in [-0.3, -0.25) is 14.9 Å². The Labute approximate surface area is 94.8 Å². The fraction of sp³-hybridized carbons (Fsp3) is 0.100. The van der Waals surface area contributed by atoms with Crippen LogP contribution < -0.4 is 5.32 Å². The van der Waals surface area contributed by atoms with Gasteiger partial charge in [0, 0.05) is 0 Å². The van der Waals surface area contributed by atoms with Crippen LogP contribution in [0.3, 0.4) is 0 Å². The van der Waals surface area contributed by atoms with Crippen molar-refractivity contribution in [2.75, 3.05) is 0 Å². The van der Waals surface area contributed by atoms with Gasteiger partial charge in [-0.05, 0) is 29.5 Å². The number of nitrogens with one attached hydrogen (secondary N) is 1. The van der Waals surface area contributed by atoms with Crippen LogP contribution in [-0.4, -0.2) is 22.2 Å². The molecule has 0 bridgehead atoms. The first-order chi connectivity index (χ1) is 7.58. The van der Waals surface area contributed by atoms with Crippen LogP contribution in [0.2, 0.25) is 0 Å². The predicted molar refractivity (Wildman–Crippen MR) is 57.3 cm³/mol. The number of benzene rings is 1. The third-order valence-corrected chi connectivity index (χ3v) is 3.16. The van der Waals surface area contributed by atoms with E-state index in [0.29, 0.717) is 5.56 Å². The number of carbonyl (C=O) groups excluding carboxylic acids is 2. The Morgan fingerprint density at radius 2 is 2.12 bits per heavy atom. The van der Waals surface area contributed by atoms with E-state index in [0.717, 1.165) is 11.8 Å². The smallest absolute Gasteiger partial charge is 0.335 e. The maximum Gasteiger partial charge on any atom is 0.335 e. The summed E-state index contributed by atoms with van der Waals surface area (Å²) in [5.41, 5.74) is 0.624. The monoisotopic (exact) mass is 237 g/mol. The molecule has 1 saturated heterocycles. The molecule has 2 N–H and O–H groups in total. The standard InChI is InChI=1S/C10H7NO4S/c12-8-7(16-10(15)11-8)5-2-1-3-6(4-5)9(13)14/h1-4,7H,(H,13,14)(H,11,12,15). The van der Waals surface area contributed by atoms with Gasteiger partial charge in [0.05, 0.1) is 5.56 Å². The number of aromatic carboxylic acids is 1. The van der Waals surface area contributed by atoms with E-state index in [1.165, 1.54) is 12.1 Å². The second-order valence-corrected chi connectivity index (χ2v) is 4.28. The number of rotatable bonds is 2. The topological polar surface area (TPSA) is 83.5 Å². The Morgan fingerprint density at radius 1 is 1.38 bits per heavy atom. The zero-order chi connectivity index (χ0) is 11.7. The van der Waals surface area contributed by atoms with Gasteiger partial charge in [-0.2, -0.15) is 0 Å². The van der Waals surface area contributed by atoms with Crippen molar-refractivity contribution in [3.63, 3.8) is 0 Å². The summed E-state index contributed by atoms with van der Waals surface area (Å²) in [6.45, 7) is 0. The van der Waals surface area contributed by atoms with Crippen molar-refractivity contribution in [3.8, 4) is 0 Å². The second kappa shape index (κ2) is 3.97. The van der Waals surface area contributed by atoms with E-state index in [2.05, 4.69) is 5.32 Å². The molecule has 1 atom stereocenters. The molecule has 1 aromatic carbocycles. The summed E-state index contributed by atoms with van der Waals surface area (Å²) in [6, 6.07) is 6.01. The van der Waals surface area contributed by atoms with E-state index in [4.69, 9.17) is 5.11 Å². The first kappa shape index (κ1) is 10.7. The van der Waals surface area contributed by atoms with E-state index in [-0.39, 0.29) is 5.56 Å². The van der Waals surface area contributed by atoms with Crippen molar-refractivity contribution < 1.29 is 19.5 Å². The zero-order valence-corrected chi connectivity index (χ0v) is 8.78. The van der Waals surface area contributed by atoms with Crippen molar-refractivity contribution in [3.05, 3.63) is 35.4 Å². The molecule has 0 aromatic heterocycles. The van der Waals surface area contributed by atoms with Gasteiger partial charge in [0.15, 0.2) is 0 Å². The largest absolute Gasteiger partial charge is 0.478 e. The van der Waals surface area contributed by atoms with Crippen LogP contribution in [0.5, 0.6) is 0 Å². The summed E-state index contributed by atoms with van der Waals surface area (Å²) >= 11 is 0.855. The normalized spacial score (nSPS) is 19.6. The lowest BCUT2D eigenvalue weighted by atomic mass is 10.1. The number of thioether (sulfide) groups is 1. The van der Waals surface area contributed by atoms with Crippen LogP contribution in [0, 0.1) is 0 Å². The lowest BCUT2D eigenvalue weighted by Crippen LogP contribution is -2.20. The fourth-order valence-electron chi connectivity index (χ4n) is 1.41. The second-order valence-electron chi connectivity index (χ2n) is 3.21. The van der Waals surface area contributed by atoms with Crippen molar-refractivity contribution >= 4 is 28.9 Å². The molecule has 16 heavy (non-hydrogen) atoms. The predicted octanol–water partition coefficient (Wildman–Crippen LogP) is 1.41. The van der Waals surface area contributed by atoms with Crippen LogP contribution in [0.1, 0.15) is 21.2 Å². The van der Waals surface area contributed by atoms with Crippen LogP contribution >= 0.6 is 11.8 Å². The van der Waals surface area contributed by atoms with E-state index in [9.17, 15) is 14.4 Å². The van der Waals surface area contributed by atoms with E-state index in [1.807, 2.05) is 0 Å². The maximum absolute atomic E-state index is 11.4. The molecule has 1 heterocycles. The van der Waals surface area contributed by atoms with Gasteiger partial charge >= 0.3 is 5.97 Å². The fourth-order valence-corrected chi connectivity index (χ4v) is 2.23. The Morgan fingerprint density at radius 3 is 2.69 bits per heavy atom. The Hall–Kier alpha value is -1.82. The van der Waals surface area contributed by atoms with Gasteiger partial charge < -0.3 is 5.11 Å². The van der Waals surface area contributed by atoms with E-state index in [1.54, 1.807) is 12.1 Å². The summed E-state index contributed by atoms with van der Waals surface area (Å²) in [7, 11) is 0. The van der Waals surface area contributed by atoms with Crippen molar-refractivity contribution in [2.45, 2.75) is 5.25 Å². The molecule has 1 aliphatic rings. The highest BCUT2D eigenvalue weighted by atomic mass is 32.2. The molecule has 0 spiro atoms. The van der Waals surface area contributed by atoms with Gasteiger partial charge in [-0.1, -0.05) is 12.1 Å². The number of carboxylic acid groups (broad SMARTS) is 1. The molecule has 82 valence electrons. The highest BCUT2D eigenvalue weighted by Gasteiger charge is 2.33. The molecule has 2 rings (SSSR count). The molecule has 6 heteroatoms. The minimum absolute atomic E-state index is 0.102. The minimum atomic E-state index is -1.06. The highest BCUT2D eigenvalue weighted by molar-refractivity contribution is 8.15. The van der Waals surface area contributed by atoms with Crippen LogP contribution in [0.15, 0.2) is 24.3 Å². The van der Waals surface area contributed by atoms with Gasteiger partial charge in [0.1, 0.15) is 5.25 Å². The van der Waals surface area contributed by atoms with E-state index >= 15 is 0 Å². The van der Waals surface area contributed by atoms with Crippen molar-refractivity contribution in [1.29, 1.82) is 0 Å². The van der Waals surface area contributed by atoms with Crippen LogP contribution in [0.25, 0.3) is 0 Å². The summed E-state index contributed by atoms with van der Waals surface area (Å²) in [5, 5.41) is 9.89. The molecule has 1 aliphatic heterocycles. The number of hydrogen-bond donors (Lipinski definition) is 2. The number of amides is 2. The maximum atomic E-state index is 11.4. The van der Waals surface area contributed by atoms with Gasteiger partial charge in [-0.15, -0.1) is 0 Å². The SMILES string of the molecule is O=C1NC(=O)C(c2cccc(C(=O)O)c2)S1. The Balaban J connectivity index is 2.34. The third kappa shape index (κ3) is 1.92. The molecule has 0 saturated carbocycles. The lowest BCUT2D eigenvalue weighted by Gasteiger charge is -2.05. The molecule has 5 nitrogen and oxygen atoms in total. The highest BCUT2D eigenvalue weighted by Crippen LogP contribution is 2.34. The molecule has 1 unspecified atom stereocenters. The molecule has 0 radical (unpaired) electrons. The lowest BCUT2D eigenvalue weighted by molar-refractivity contribution is -0.119. The van der Waals surface area contributed by atoms with Gasteiger partial charge in [0.2, 0.25) is 5.91 Å². The number of hydrogen-bond acceptors (Lipinski definition) is 4. The summed E-state index contributed by atoms with van der Waals surface area (Å²) in [5.74, 6) is -1.46. The van der Waals surface area contributed by atoms with Crippen molar-refractivity contribution in [2.24, 2.45) is 0 Å². The summed E-state index contributed by atoms with van der Waals surface area (Å²) in [6.07, 6.45) is 0. The van der Waals surface area contributed by atoms with Crippen molar-refractivity contribution in [1.82, 2.24) is 5.32 Å². The molecule has 2 amide bonds. The molecule has 1 fully saturated rings. The molecular formula is C10H7NO4S. The first-order valence-electron chi connectivity index (χ1n) is 4.42. The average molecular weight is 237 g/mol. The quantitative estimate of drug-likeness (QED) is 0.812. The van der Waals surface area contributed by atoms with Crippen LogP contribution in [-0.2, 0) is 4.79 Å². The minimum Gasteiger partial charge on any atom is -0.478 e. The van der Waals surface area contributed by atoms with Gasteiger partial charge in [-0.25, -0.2) is 4.79 Å². The summed E-state index contributed by atoms with van der Waals surface area (Å²) in [4.78, 5) is 33.1. The number of carbonyl (C=O) groups is 3. The average Bonchev–Trinajstić information content (AvgIpc) is 2.58. The Kier molecular flexibility index (Phi) is 2.66. The molecule has 1 aromatic rings. The molecule has 0 aliphatic carbocycles. The van der Waals surface area contributed by atoms with E-state index < -0.39 is 22.4 Å². The van der Waals surface area contributed by atoms with Crippen LogP contribution in [0.4, 0.5) is 4.79 Å². The first-order valence-corrected chi connectivity index (χ1v) is 5.30. The number of carboxylic acids is 1. The zero-order valence-electron chi connectivity index (χ0n) is 7.97. The molecular weight excluding hydrogens is 230 g/mol. The summed E-state index contributed by atoms with van der Waals surface area (Å²) < 4.78 is 0. The third-order valence-electron chi connectivity index (χ3n) is 2.12. The Bertz CT molecular complexity index is 485.